The maximum Gasteiger partial charge on any atom is 0.0165 e. The molecule has 0 amide bonds. The summed E-state index contributed by atoms with van der Waals surface area (Å²) >= 11 is 0. The first kappa shape index (κ1) is 28.7. The molecular formula is C30H59N. The zero-order valence-electron chi connectivity index (χ0n) is 21.9. The molecule has 31 heavy (non-hydrogen) atoms. The van der Waals surface area contributed by atoms with E-state index >= 15 is 0 Å². The molecule has 0 saturated heterocycles. The van der Waals surface area contributed by atoms with Crippen molar-refractivity contribution in [3.05, 3.63) is 11.6 Å². The van der Waals surface area contributed by atoms with E-state index in [4.69, 9.17) is 0 Å². The summed E-state index contributed by atoms with van der Waals surface area (Å²) < 4.78 is 0. The lowest BCUT2D eigenvalue weighted by molar-refractivity contribution is 0.284. The third-order valence-electron chi connectivity index (χ3n) is 7.29. The van der Waals surface area contributed by atoms with Gasteiger partial charge in [0.1, 0.15) is 0 Å². The minimum absolute atomic E-state index is 1.23. The van der Waals surface area contributed by atoms with Gasteiger partial charge in [-0.1, -0.05) is 141 Å². The molecule has 0 unspecified atom stereocenters. The van der Waals surface area contributed by atoms with Crippen LogP contribution in [0.5, 0.6) is 0 Å². The summed E-state index contributed by atoms with van der Waals surface area (Å²) in [5, 5.41) is 0. The van der Waals surface area contributed by atoms with Crippen molar-refractivity contribution < 1.29 is 0 Å². The van der Waals surface area contributed by atoms with Crippen LogP contribution in [0.3, 0.4) is 0 Å². The fraction of sp³-hybridized carbons (Fsp3) is 0.933. The lowest BCUT2D eigenvalue weighted by Crippen LogP contribution is -2.27. The maximum absolute atomic E-state index is 2.76. The predicted octanol–water partition coefficient (Wildman–Crippen LogP) is 10.2. The summed E-state index contributed by atoms with van der Waals surface area (Å²) in [4.78, 5) is 2.76. The third-order valence-corrected chi connectivity index (χ3v) is 7.29. The molecule has 0 aromatic heterocycles. The molecule has 1 fully saturated rings. The number of unbranched alkanes of at least 4 members (excludes halogenated alkanes) is 18. The van der Waals surface area contributed by atoms with Gasteiger partial charge in [0.15, 0.2) is 0 Å². The highest BCUT2D eigenvalue weighted by molar-refractivity contribution is 5.10. The average molecular weight is 434 g/mol. The number of hydrogen-bond acceptors (Lipinski definition) is 1. The van der Waals surface area contributed by atoms with Gasteiger partial charge in [-0.2, -0.15) is 0 Å². The minimum atomic E-state index is 1.23. The molecule has 1 aliphatic rings. The molecular weight excluding hydrogens is 374 g/mol. The molecule has 1 heteroatoms. The highest BCUT2D eigenvalue weighted by Crippen LogP contribution is 2.25. The van der Waals surface area contributed by atoms with Crippen LogP contribution in [0, 0.1) is 0 Å². The van der Waals surface area contributed by atoms with Crippen molar-refractivity contribution in [1.29, 1.82) is 0 Å². The molecule has 0 aliphatic heterocycles. The second-order valence-electron chi connectivity index (χ2n) is 10.4. The van der Waals surface area contributed by atoms with E-state index in [0.717, 1.165) is 0 Å². The Hall–Kier alpha value is -0.300. The Bertz CT molecular complexity index is 356. The van der Waals surface area contributed by atoms with Crippen LogP contribution in [0.15, 0.2) is 11.6 Å². The smallest absolute Gasteiger partial charge is 0.0165 e. The molecule has 184 valence electrons. The van der Waals surface area contributed by atoms with E-state index in [1.165, 1.54) is 167 Å². The third kappa shape index (κ3) is 18.9. The molecule has 1 aliphatic carbocycles. The van der Waals surface area contributed by atoms with Crippen LogP contribution >= 0.6 is 0 Å². The van der Waals surface area contributed by atoms with E-state index in [-0.39, 0.29) is 0 Å². The number of nitrogens with zero attached hydrogens (tertiary/aromatic N) is 1. The van der Waals surface area contributed by atoms with Crippen molar-refractivity contribution in [2.75, 3.05) is 19.6 Å². The molecule has 0 spiro atoms. The Kier molecular flexibility index (Phi) is 21.2. The van der Waals surface area contributed by atoms with Crippen LogP contribution in [-0.2, 0) is 0 Å². The van der Waals surface area contributed by atoms with Crippen LogP contribution in [0.2, 0.25) is 0 Å². The average Bonchev–Trinajstić information content (AvgIpc) is 2.74. The summed E-state index contributed by atoms with van der Waals surface area (Å²) in [6, 6.07) is 0. The van der Waals surface area contributed by atoms with E-state index in [0.29, 0.717) is 0 Å². The Morgan fingerprint density at radius 2 is 0.871 bits per heavy atom. The molecule has 1 nitrogen and oxygen atoms in total. The van der Waals surface area contributed by atoms with Crippen molar-refractivity contribution in [2.45, 2.75) is 162 Å². The van der Waals surface area contributed by atoms with Crippen LogP contribution in [0.1, 0.15) is 162 Å². The van der Waals surface area contributed by atoms with Crippen LogP contribution in [-0.4, -0.2) is 24.5 Å². The molecule has 0 bridgehead atoms. The fourth-order valence-electron chi connectivity index (χ4n) is 4.78. The van der Waals surface area contributed by atoms with E-state index in [9.17, 15) is 0 Å². The molecule has 0 aromatic rings. The normalized spacial score (nSPS) is 13.7. The fourth-order valence-corrected chi connectivity index (χ4v) is 4.78. The van der Waals surface area contributed by atoms with E-state index < -0.39 is 0 Å². The van der Waals surface area contributed by atoms with Crippen molar-refractivity contribution in [3.8, 4) is 0 Å². The van der Waals surface area contributed by atoms with Gasteiger partial charge in [-0.25, -0.2) is 0 Å². The predicted molar refractivity (Wildman–Crippen MR) is 142 cm³/mol. The lowest BCUT2D eigenvalue weighted by Gasteiger charge is -2.23. The summed E-state index contributed by atoms with van der Waals surface area (Å²) in [7, 11) is 0. The molecule has 0 radical (unpaired) electrons. The van der Waals surface area contributed by atoms with Crippen LogP contribution in [0.4, 0.5) is 0 Å². The van der Waals surface area contributed by atoms with Gasteiger partial charge >= 0.3 is 0 Å². The standard InChI is InChI=1S/C30H59N/c1-3-5-7-9-11-13-15-17-19-21-27-31(29-26-30-24-23-25-30)28-22-20-18-16-14-12-10-8-6-4-2/h26H,3-25,27-29H2,1-2H3. The Morgan fingerprint density at radius 3 is 1.19 bits per heavy atom. The zero-order chi connectivity index (χ0) is 22.2. The molecule has 0 N–H and O–H groups in total. The van der Waals surface area contributed by atoms with E-state index in [1.807, 2.05) is 0 Å². The topological polar surface area (TPSA) is 3.24 Å². The summed E-state index contributed by atoms with van der Waals surface area (Å²) in [6.45, 7) is 8.50. The molecule has 1 rings (SSSR count). The first-order valence-electron chi connectivity index (χ1n) is 14.8. The lowest BCUT2D eigenvalue weighted by atomic mass is 9.92. The largest absolute Gasteiger partial charge is 0.300 e. The Balaban J connectivity index is 2.01. The zero-order valence-corrected chi connectivity index (χ0v) is 21.9. The SMILES string of the molecule is CCCCCCCCCCCCN(CC=C1CCC1)CCCCCCCCCCCC. The van der Waals surface area contributed by atoms with Gasteiger partial charge in [-0.05, 0) is 45.2 Å². The van der Waals surface area contributed by atoms with Gasteiger partial charge in [0.2, 0.25) is 0 Å². The van der Waals surface area contributed by atoms with E-state index in [1.54, 1.807) is 5.57 Å². The minimum Gasteiger partial charge on any atom is -0.300 e. The quantitative estimate of drug-likeness (QED) is 0.108. The molecule has 0 aromatic carbocycles. The van der Waals surface area contributed by atoms with Crippen molar-refractivity contribution >= 4 is 0 Å². The number of allylic oxidation sites excluding steroid dienone is 1. The summed E-state index contributed by atoms with van der Waals surface area (Å²) in [6.07, 6.45) is 35.7. The Morgan fingerprint density at radius 1 is 0.516 bits per heavy atom. The van der Waals surface area contributed by atoms with Crippen LogP contribution in [0.25, 0.3) is 0 Å². The highest BCUT2D eigenvalue weighted by Gasteiger charge is 2.09. The monoisotopic (exact) mass is 433 g/mol. The van der Waals surface area contributed by atoms with Crippen molar-refractivity contribution in [2.24, 2.45) is 0 Å². The van der Waals surface area contributed by atoms with E-state index in [2.05, 4.69) is 24.8 Å². The molecule has 1 saturated carbocycles. The second kappa shape index (κ2) is 22.9. The number of hydrogen-bond donors (Lipinski definition) is 0. The second-order valence-corrected chi connectivity index (χ2v) is 10.4. The van der Waals surface area contributed by atoms with Crippen LogP contribution < -0.4 is 0 Å². The first-order chi connectivity index (χ1) is 15.4. The highest BCUT2D eigenvalue weighted by atomic mass is 15.1. The van der Waals surface area contributed by atoms with Gasteiger partial charge in [-0.3, -0.25) is 4.90 Å². The summed E-state index contributed by atoms with van der Waals surface area (Å²) in [5.41, 5.74) is 1.73. The van der Waals surface area contributed by atoms with Crippen molar-refractivity contribution in [1.82, 2.24) is 4.90 Å². The Labute approximate surface area is 197 Å². The van der Waals surface area contributed by atoms with Crippen molar-refractivity contribution in [3.63, 3.8) is 0 Å². The van der Waals surface area contributed by atoms with Gasteiger partial charge < -0.3 is 0 Å². The van der Waals surface area contributed by atoms with Gasteiger partial charge in [0.25, 0.3) is 0 Å². The summed E-state index contributed by atoms with van der Waals surface area (Å²) in [5.74, 6) is 0. The first-order valence-corrected chi connectivity index (χ1v) is 14.8. The molecule has 0 heterocycles. The van der Waals surface area contributed by atoms with Gasteiger partial charge in [0.05, 0.1) is 0 Å². The van der Waals surface area contributed by atoms with Gasteiger partial charge in [0, 0.05) is 6.54 Å². The maximum atomic E-state index is 2.76. The number of rotatable bonds is 24. The van der Waals surface area contributed by atoms with Gasteiger partial charge in [-0.15, -0.1) is 0 Å². The molecule has 0 atom stereocenters.